The van der Waals surface area contributed by atoms with Gasteiger partial charge in [-0.3, -0.25) is 4.98 Å². The molecule has 0 aliphatic rings. The molecule has 0 aliphatic heterocycles. The van der Waals surface area contributed by atoms with Gasteiger partial charge in [-0.15, -0.1) is 0 Å². The maximum absolute atomic E-state index is 8.50. The first kappa shape index (κ1) is 26.9. The Bertz CT molecular complexity index is 1150. The number of benzene rings is 2. The first-order valence-electron chi connectivity index (χ1n) is 8.77. The Labute approximate surface area is 204 Å². The van der Waals surface area contributed by atoms with Crippen LogP contribution in [0, 0.1) is 0 Å². The fourth-order valence-corrected chi connectivity index (χ4v) is 2.28. The third-order valence-corrected chi connectivity index (χ3v) is 3.66. The molecule has 2 aromatic carbocycles. The maximum atomic E-state index is 8.50. The summed E-state index contributed by atoms with van der Waals surface area (Å²) in [5, 5.41) is 17.2. The van der Waals surface area contributed by atoms with Gasteiger partial charge in [-0.1, -0.05) is 42.5 Å². The minimum absolute atomic E-state index is 0.0159. The van der Waals surface area contributed by atoms with Gasteiger partial charge < -0.3 is 36.7 Å². The van der Waals surface area contributed by atoms with E-state index in [0.29, 0.717) is 0 Å². The van der Waals surface area contributed by atoms with Gasteiger partial charge in [0.25, 0.3) is 0 Å². The molecule has 3 aromatic rings. The normalized spacial score (nSPS) is 11.7. The van der Waals surface area contributed by atoms with Gasteiger partial charge in [0.05, 0.1) is 17.6 Å². The van der Waals surface area contributed by atoms with E-state index < -0.39 is 18.5 Å². The van der Waals surface area contributed by atoms with Crippen LogP contribution in [0.25, 0.3) is 10.8 Å². The predicted octanol–water partition coefficient (Wildman–Crippen LogP) is 2.46. The van der Waals surface area contributed by atoms with Gasteiger partial charge in [0, 0.05) is 6.20 Å². The fourth-order valence-electron chi connectivity index (χ4n) is 2.19. The first-order chi connectivity index (χ1) is 15.4. The summed E-state index contributed by atoms with van der Waals surface area (Å²) in [5.74, 6) is 0. The van der Waals surface area contributed by atoms with Crippen LogP contribution in [-0.2, 0) is 50.5 Å². The van der Waals surface area contributed by atoms with Gasteiger partial charge in [-0.05, 0) is 51.8 Å². The molecule has 0 radical (unpaired) electrons. The van der Waals surface area contributed by atoms with Crippen LogP contribution in [0.1, 0.15) is 18.2 Å². The summed E-state index contributed by atoms with van der Waals surface area (Å²) < 4.78 is 17.0. The number of rotatable bonds is 4. The third-order valence-electron chi connectivity index (χ3n) is 3.50. The van der Waals surface area contributed by atoms with Crippen LogP contribution in [0.3, 0.4) is 0 Å². The number of hydrogen-bond donors (Lipinski definition) is 2. The first-order valence-corrected chi connectivity index (χ1v) is 11.2. The SMILES string of the molecule is C/C(=N\N=C(/N)[S-])c1ccc2ccccc2c1.N/C([S-])=N\N=C\c1ccccn1.[O]=[Mo+2]=[O]. The second-order valence-electron chi connectivity index (χ2n) is 5.69. The number of hydrogen-bond acceptors (Lipinski definition) is 9. The van der Waals surface area contributed by atoms with E-state index in [9.17, 15) is 0 Å². The van der Waals surface area contributed by atoms with E-state index in [1.165, 1.54) is 17.0 Å². The van der Waals surface area contributed by atoms with Gasteiger partial charge >= 0.3 is 25.3 Å². The zero-order valence-corrected chi connectivity index (χ0v) is 20.5. The Morgan fingerprint density at radius 2 is 1.53 bits per heavy atom. The zero-order valence-electron chi connectivity index (χ0n) is 16.9. The van der Waals surface area contributed by atoms with Gasteiger partial charge in [-0.25, -0.2) is 0 Å². The molecule has 0 amide bonds. The molecule has 0 bridgehead atoms. The molecule has 0 unspecified atom stereocenters. The number of amidine groups is 2. The molecule has 0 atom stereocenters. The summed E-state index contributed by atoms with van der Waals surface area (Å²) in [4.78, 5) is 3.98. The van der Waals surface area contributed by atoms with Crippen LogP contribution >= 0.6 is 0 Å². The number of nitrogens with zero attached hydrogens (tertiary/aromatic N) is 5. The second kappa shape index (κ2) is 15.6. The molecule has 0 aliphatic carbocycles. The Balaban J connectivity index is 0.000000299. The van der Waals surface area contributed by atoms with Crippen LogP contribution in [-0.4, -0.2) is 27.2 Å². The van der Waals surface area contributed by atoms with Crippen molar-refractivity contribution in [2.45, 2.75) is 6.92 Å². The van der Waals surface area contributed by atoms with Gasteiger partial charge in [0.2, 0.25) is 0 Å². The molecule has 164 valence electrons. The fraction of sp³-hybridized carbons (Fsp3) is 0.0500. The van der Waals surface area contributed by atoms with Crippen molar-refractivity contribution in [2.75, 3.05) is 0 Å². The summed E-state index contributed by atoms with van der Waals surface area (Å²) in [6.07, 6.45) is 3.15. The molecule has 1 aromatic heterocycles. The van der Waals surface area contributed by atoms with Crippen molar-refractivity contribution in [3.63, 3.8) is 0 Å². The summed E-state index contributed by atoms with van der Waals surface area (Å²) in [5.41, 5.74) is 12.9. The monoisotopic (exact) mass is 551 g/mol. The molecule has 3 rings (SSSR count). The van der Waals surface area contributed by atoms with Gasteiger partial charge in [0.1, 0.15) is 0 Å². The van der Waals surface area contributed by atoms with Crippen LogP contribution in [0.15, 0.2) is 87.3 Å². The molecule has 4 N–H and O–H groups in total. The van der Waals surface area contributed by atoms with Gasteiger partial charge in [-0.2, -0.15) is 20.4 Å². The van der Waals surface area contributed by atoms with Crippen molar-refractivity contribution in [3.05, 3.63) is 78.1 Å². The second-order valence-corrected chi connectivity index (χ2v) is 6.86. The molecule has 9 nitrogen and oxygen atoms in total. The average molecular weight is 549 g/mol. The van der Waals surface area contributed by atoms with Crippen molar-refractivity contribution in [2.24, 2.45) is 31.9 Å². The topological polar surface area (TPSA) is 149 Å². The zero-order chi connectivity index (χ0) is 23.8. The van der Waals surface area contributed by atoms with Crippen molar-refractivity contribution in [3.8, 4) is 0 Å². The van der Waals surface area contributed by atoms with E-state index in [1.807, 2.05) is 37.3 Å². The molecule has 12 heteroatoms. The molecule has 32 heavy (non-hydrogen) atoms. The Kier molecular flexibility index (Phi) is 13.1. The molecule has 0 spiro atoms. The van der Waals surface area contributed by atoms with Crippen molar-refractivity contribution in [1.82, 2.24) is 4.98 Å². The van der Waals surface area contributed by atoms with Crippen LogP contribution in [0.4, 0.5) is 0 Å². The van der Waals surface area contributed by atoms with E-state index in [1.54, 1.807) is 12.3 Å². The number of nitrogens with two attached hydrogens (primary N) is 2. The summed E-state index contributed by atoms with van der Waals surface area (Å²) in [6, 6.07) is 19.8. The molecule has 1 heterocycles. The third kappa shape index (κ3) is 11.3. The number of aromatic nitrogens is 1. The molecule has 0 saturated heterocycles. The quantitative estimate of drug-likeness (QED) is 0.167. The average Bonchev–Trinajstić information content (AvgIpc) is 2.78. The van der Waals surface area contributed by atoms with E-state index in [4.69, 9.17) is 18.3 Å². The standard InChI is InChI=1S/C13H13N3S.C7H8N4S.Mo.2O/c1-9(15-16-13(14)17)11-7-6-10-4-2-3-5-12(10)8-11;8-7(12)11-10-5-6-3-1-2-4-9-6;;;/h2-8H,1H3,(H3,14,16,17);1-5H,(H3,8,11,12);;;/q;;+2;;/p-2/b15-9+;10-5+;;;. The van der Waals surface area contributed by atoms with Crippen molar-refractivity contribution >= 4 is 58.3 Å². The predicted molar refractivity (Wildman–Crippen MR) is 127 cm³/mol. The summed E-state index contributed by atoms with van der Waals surface area (Å²) in [6.45, 7) is 1.88. The minimum atomic E-state index is -2.03. The summed E-state index contributed by atoms with van der Waals surface area (Å²) >= 11 is 7.10. The molecular formula is C20H19MoN7O2S2. The molecule has 0 fully saturated rings. The van der Waals surface area contributed by atoms with E-state index in [-0.39, 0.29) is 10.3 Å². The van der Waals surface area contributed by atoms with E-state index in [2.05, 4.69) is 74.9 Å². The Morgan fingerprint density at radius 1 is 0.906 bits per heavy atom. The van der Waals surface area contributed by atoms with Crippen LogP contribution in [0.5, 0.6) is 0 Å². The van der Waals surface area contributed by atoms with Crippen molar-refractivity contribution in [1.29, 1.82) is 0 Å². The van der Waals surface area contributed by atoms with Gasteiger partial charge in [0.15, 0.2) is 0 Å². The summed E-state index contributed by atoms with van der Waals surface area (Å²) in [7, 11) is 0. The van der Waals surface area contributed by atoms with E-state index >= 15 is 0 Å². The molecule has 0 saturated carbocycles. The number of fused-ring (bicyclic) bond motifs is 1. The Morgan fingerprint density at radius 3 is 2.12 bits per heavy atom. The molecular weight excluding hydrogens is 530 g/mol. The van der Waals surface area contributed by atoms with Crippen LogP contribution < -0.4 is 11.5 Å². The van der Waals surface area contributed by atoms with Crippen LogP contribution in [0.2, 0.25) is 0 Å². The number of pyridine rings is 1. The van der Waals surface area contributed by atoms with Crippen molar-refractivity contribution < 1.29 is 25.3 Å². The Hall–Kier alpha value is -3.14. The van der Waals surface area contributed by atoms with E-state index in [0.717, 1.165) is 17.0 Å².